The Kier molecular flexibility index (Phi) is 11.2. The fraction of sp³-hybridized carbons (Fsp3) is 0.381. The molecule has 0 fully saturated rings. The zero-order valence-corrected chi connectivity index (χ0v) is 21.0. The molecule has 1 aromatic carbocycles. The van der Waals surface area contributed by atoms with Crippen molar-refractivity contribution in [3.63, 3.8) is 0 Å². The number of rotatable bonds is 10. The number of hydrogen-bond acceptors (Lipinski definition) is 4. The predicted octanol–water partition coefficient (Wildman–Crippen LogP) is 4.19. The minimum atomic E-state index is 0. The van der Waals surface area contributed by atoms with Crippen LogP contribution in [-0.2, 0) is 25.8 Å². The second-order valence-electron chi connectivity index (χ2n) is 6.58. The van der Waals surface area contributed by atoms with Crippen LogP contribution in [-0.4, -0.2) is 40.4 Å². The van der Waals surface area contributed by atoms with Crippen LogP contribution in [0.4, 0.5) is 0 Å². The summed E-state index contributed by atoms with van der Waals surface area (Å²) >= 11 is 7.73. The van der Waals surface area contributed by atoms with Gasteiger partial charge in [0.15, 0.2) is 5.96 Å². The van der Waals surface area contributed by atoms with Crippen molar-refractivity contribution in [3.05, 3.63) is 69.4 Å². The molecular weight excluding hydrogens is 531 g/mol. The van der Waals surface area contributed by atoms with Crippen LogP contribution in [0.2, 0.25) is 5.02 Å². The van der Waals surface area contributed by atoms with Crippen molar-refractivity contribution in [2.24, 2.45) is 4.99 Å². The molecule has 0 atom stereocenters. The monoisotopic (exact) mass is 558 g/mol. The van der Waals surface area contributed by atoms with Gasteiger partial charge in [0.05, 0.1) is 0 Å². The number of nitrogens with one attached hydrogen (secondary N) is 2. The van der Waals surface area contributed by atoms with Crippen molar-refractivity contribution in [3.8, 4) is 0 Å². The molecule has 0 amide bonds. The largest absolute Gasteiger partial charge is 0.356 e. The van der Waals surface area contributed by atoms with Gasteiger partial charge in [-0.25, -0.2) is 0 Å². The second kappa shape index (κ2) is 13.6. The molecule has 162 valence electrons. The second-order valence-corrected chi connectivity index (χ2v) is 8.05. The molecule has 0 saturated heterocycles. The molecule has 9 heteroatoms. The van der Waals surface area contributed by atoms with Gasteiger partial charge in [0, 0.05) is 48.9 Å². The summed E-state index contributed by atoms with van der Waals surface area (Å²) in [5.41, 5.74) is 1.25. The number of thiophene rings is 1. The fourth-order valence-corrected chi connectivity index (χ4v) is 3.74. The maximum atomic E-state index is 5.96. The Labute approximate surface area is 204 Å². The Morgan fingerprint density at radius 2 is 1.93 bits per heavy atom. The van der Waals surface area contributed by atoms with E-state index in [-0.39, 0.29) is 24.0 Å². The normalized spacial score (nSPS) is 11.2. The molecule has 0 aliphatic heterocycles. The highest BCUT2D eigenvalue weighted by Crippen LogP contribution is 2.10. The summed E-state index contributed by atoms with van der Waals surface area (Å²) in [6.45, 7) is 5.21. The molecule has 2 aromatic heterocycles. The van der Waals surface area contributed by atoms with Gasteiger partial charge in [0.1, 0.15) is 12.2 Å². The highest BCUT2D eigenvalue weighted by Gasteiger charge is 2.03. The Balaban J connectivity index is 0.00000320. The van der Waals surface area contributed by atoms with Gasteiger partial charge in [0.2, 0.25) is 0 Å². The van der Waals surface area contributed by atoms with Crippen molar-refractivity contribution in [1.82, 2.24) is 25.4 Å². The third kappa shape index (κ3) is 8.23. The average molecular weight is 559 g/mol. The first-order valence-electron chi connectivity index (χ1n) is 9.90. The first-order valence-corrected chi connectivity index (χ1v) is 11.2. The number of halogens is 2. The van der Waals surface area contributed by atoms with Gasteiger partial charge in [0.25, 0.3) is 0 Å². The van der Waals surface area contributed by atoms with Gasteiger partial charge < -0.3 is 15.2 Å². The van der Waals surface area contributed by atoms with Crippen LogP contribution in [0.1, 0.15) is 23.2 Å². The van der Waals surface area contributed by atoms with E-state index in [2.05, 4.69) is 62.0 Å². The maximum absolute atomic E-state index is 5.96. The molecular formula is C21H28ClIN6S. The van der Waals surface area contributed by atoms with Gasteiger partial charge in [-0.3, -0.25) is 4.99 Å². The van der Waals surface area contributed by atoms with E-state index < -0.39 is 0 Å². The maximum Gasteiger partial charge on any atom is 0.191 e. The van der Waals surface area contributed by atoms with E-state index in [1.54, 1.807) is 17.7 Å². The highest BCUT2D eigenvalue weighted by atomic mass is 127. The van der Waals surface area contributed by atoms with Crippen LogP contribution in [0.5, 0.6) is 0 Å². The Morgan fingerprint density at radius 3 is 2.67 bits per heavy atom. The third-order valence-corrected chi connectivity index (χ3v) is 5.67. The summed E-state index contributed by atoms with van der Waals surface area (Å²) in [4.78, 5) is 6.10. The van der Waals surface area contributed by atoms with Crippen molar-refractivity contribution in [2.75, 3.05) is 19.6 Å². The number of guanidine groups is 1. The molecule has 3 aromatic rings. The highest BCUT2D eigenvalue weighted by molar-refractivity contribution is 14.0. The van der Waals surface area contributed by atoms with E-state index in [4.69, 9.17) is 16.6 Å². The topological polar surface area (TPSA) is 67.1 Å². The van der Waals surface area contributed by atoms with Crippen LogP contribution < -0.4 is 10.6 Å². The van der Waals surface area contributed by atoms with Gasteiger partial charge in [-0.2, -0.15) is 0 Å². The summed E-state index contributed by atoms with van der Waals surface area (Å²) < 4.78 is 2.07. The molecule has 2 heterocycles. The smallest absolute Gasteiger partial charge is 0.191 e. The number of benzene rings is 1. The van der Waals surface area contributed by atoms with Crippen molar-refractivity contribution in [1.29, 1.82) is 0 Å². The number of aromatic nitrogens is 3. The first-order chi connectivity index (χ1) is 14.2. The van der Waals surface area contributed by atoms with E-state index in [1.165, 1.54) is 10.4 Å². The molecule has 0 spiro atoms. The number of aliphatic imine (C=N–C) groups is 1. The molecule has 30 heavy (non-hydrogen) atoms. The summed E-state index contributed by atoms with van der Waals surface area (Å²) in [5.74, 6) is 1.83. The average Bonchev–Trinajstić information content (AvgIpc) is 3.41. The molecule has 2 N–H and O–H groups in total. The predicted molar refractivity (Wildman–Crippen MR) is 136 cm³/mol. The summed E-state index contributed by atoms with van der Waals surface area (Å²) in [7, 11) is 0. The Hall–Kier alpha value is -1.65. The van der Waals surface area contributed by atoms with E-state index in [0.29, 0.717) is 0 Å². The minimum Gasteiger partial charge on any atom is -0.356 e. The van der Waals surface area contributed by atoms with Crippen LogP contribution in [0.3, 0.4) is 0 Å². The lowest BCUT2D eigenvalue weighted by molar-refractivity contribution is 0.631. The lowest BCUT2D eigenvalue weighted by Crippen LogP contribution is -2.40. The van der Waals surface area contributed by atoms with E-state index in [9.17, 15) is 0 Å². The molecule has 0 aliphatic rings. The standard InChI is InChI=1S/C21H27ClN6S.HI/c1-2-20-27-26-16-28(20)14-13-25-21(24-12-10-19-4-3-15-29-19)23-11-9-17-5-7-18(22)8-6-17;/h3-8,15-16H,2,9-14H2,1H3,(H2,23,24,25);1H. The minimum absolute atomic E-state index is 0. The first kappa shape index (κ1) is 24.6. The summed E-state index contributed by atoms with van der Waals surface area (Å²) in [6, 6.07) is 12.2. The number of aryl methyl sites for hydroxylation is 1. The van der Waals surface area contributed by atoms with Crippen molar-refractivity contribution >= 4 is 52.9 Å². The molecule has 6 nitrogen and oxygen atoms in total. The zero-order chi connectivity index (χ0) is 20.3. The quantitative estimate of drug-likeness (QED) is 0.222. The van der Waals surface area contributed by atoms with Crippen molar-refractivity contribution in [2.45, 2.75) is 32.7 Å². The van der Waals surface area contributed by atoms with E-state index in [1.807, 2.05) is 12.1 Å². The number of hydrogen-bond donors (Lipinski definition) is 2. The van der Waals surface area contributed by atoms with Crippen LogP contribution in [0, 0.1) is 0 Å². The van der Waals surface area contributed by atoms with Gasteiger partial charge in [-0.1, -0.05) is 36.7 Å². The zero-order valence-electron chi connectivity index (χ0n) is 17.1. The van der Waals surface area contributed by atoms with E-state index in [0.717, 1.165) is 62.2 Å². The lowest BCUT2D eigenvalue weighted by atomic mass is 10.1. The summed E-state index contributed by atoms with van der Waals surface area (Å²) in [5, 5.41) is 17.9. The SMILES string of the molecule is CCc1nncn1CCNC(=NCCc1cccs1)NCCc1ccc(Cl)cc1.I. The Morgan fingerprint density at radius 1 is 1.13 bits per heavy atom. The van der Waals surface area contributed by atoms with Crippen LogP contribution in [0.15, 0.2) is 53.1 Å². The van der Waals surface area contributed by atoms with Crippen LogP contribution in [0.25, 0.3) is 0 Å². The van der Waals surface area contributed by atoms with E-state index >= 15 is 0 Å². The molecule has 0 saturated carbocycles. The molecule has 3 rings (SSSR count). The van der Waals surface area contributed by atoms with Crippen LogP contribution >= 0.6 is 46.9 Å². The molecule has 0 aliphatic carbocycles. The lowest BCUT2D eigenvalue weighted by Gasteiger charge is -2.13. The molecule has 0 radical (unpaired) electrons. The molecule has 0 unspecified atom stereocenters. The van der Waals surface area contributed by atoms with Gasteiger partial charge in [-0.05, 0) is 35.6 Å². The Bertz CT molecular complexity index is 879. The fourth-order valence-electron chi connectivity index (χ4n) is 2.92. The third-order valence-electron chi connectivity index (χ3n) is 4.48. The van der Waals surface area contributed by atoms with Gasteiger partial charge in [-0.15, -0.1) is 45.5 Å². The number of nitrogens with zero attached hydrogens (tertiary/aromatic N) is 4. The van der Waals surface area contributed by atoms with Gasteiger partial charge >= 0.3 is 0 Å². The molecule has 0 bridgehead atoms. The van der Waals surface area contributed by atoms with Crippen molar-refractivity contribution < 1.29 is 0 Å². The summed E-state index contributed by atoms with van der Waals surface area (Å²) in [6.07, 6.45) is 4.52.